The molecule has 0 rings (SSSR count). The summed E-state index contributed by atoms with van der Waals surface area (Å²) in [4.78, 5) is 0. The Hall–Kier alpha value is 0.177. The lowest BCUT2D eigenvalue weighted by molar-refractivity contribution is 0.261. The van der Waals surface area contributed by atoms with Crippen molar-refractivity contribution in [3.8, 4) is 0 Å². The fourth-order valence-electron chi connectivity index (χ4n) is 0.494. The van der Waals surface area contributed by atoms with Gasteiger partial charge in [0.15, 0.2) is 8.32 Å². The Kier molecular flexibility index (Phi) is 4.21. The van der Waals surface area contributed by atoms with Crippen LogP contribution in [0.3, 0.4) is 0 Å². The van der Waals surface area contributed by atoms with E-state index >= 15 is 0 Å². The second kappa shape index (κ2) is 4.14. The van der Waals surface area contributed by atoms with Gasteiger partial charge in [-0.3, -0.25) is 0 Å². The molecule has 0 aromatic carbocycles. The molecule has 0 aromatic heterocycles. The van der Waals surface area contributed by atoms with Crippen molar-refractivity contribution in [2.75, 3.05) is 6.61 Å². The van der Waals surface area contributed by atoms with E-state index in [-0.39, 0.29) is 0 Å². The third-order valence-corrected chi connectivity index (χ3v) is 4.31. The number of rotatable bonds is 4. The van der Waals surface area contributed by atoms with Gasteiger partial charge in [0.05, 0.1) is 0 Å². The average Bonchev–Trinajstić information content (AvgIpc) is 1.85. The van der Waals surface area contributed by atoms with Crippen LogP contribution in [0.15, 0.2) is 0 Å². The first kappa shape index (κ1) is 10.2. The maximum Gasteiger partial charge on any atom is 0.186 e. The molecule has 2 heteroatoms. The molecule has 0 bridgehead atoms. The zero-order valence-corrected chi connectivity index (χ0v) is 8.90. The lowest BCUT2D eigenvalue weighted by Gasteiger charge is -2.21. The molecular formula is C8H20OSi. The first-order valence-corrected chi connectivity index (χ1v) is 7.23. The Morgan fingerprint density at radius 3 is 2.10 bits per heavy atom. The van der Waals surface area contributed by atoms with Gasteiger partial charge in [0.1, 0.15) is 0 Å². The van der Waals surface area contributed by atoms with Gasteiger partial charge in [-0.05, 0) is 25.1 Å². The minimum atomic E-state index is -1.24. The predicted molar refractivity (Wildman–Crippen MR) is 48.8 cm³/mol. The quantitative estimate of drug-likeness (QED) is 0.575. The van der Waals surface area contributed by atoms with E-state index in [9.17, 15) is 0 Å². The molecule has 0 spiro atoms. The molecule has 0 fully saturated rings. The van der Waals surface area contributed by atoms with Gasteiger partial charge < -0.3 is 4.43 Å². The molecule has 1 nitrogen and oxygen atoms in total. The molecule has 0 aliphatic heterocycles. The Bertz CT molecular complexity index is 89.3. The largest absolute Gasteiger partial charge is 0.417 e. The summed E-state index contributed by atoms with van der Waals surface area (Å²) < 4.78 is 5.78. The number of hydrogen-bond acceptors (Lipinski definition) is 1. The van der Waals surface area contributed by atoms with E-state index in [1.807, 2.05) is 0 Å². The van der Waals surface area contributed by atoms with Gasteiger partial charge >= 0.3 is 0 Å². The fourth-order valence-corrected chi connectivity index (χ4v) is 1.48. The highest BCUT2D eigenvalue weighted by atomic mass is 28.4. The third kappa shape index (κ3) is 5.00. The summed E-state index contributed by atoms with van der Waals surface area (Å²) >= 11 is 0. The van der Waals surface area contributed by atoms with E-state index in [0.29, 0.717) is 5.92 Å². The summed E-state index contributed by atoms with van der Waals surface area (Å²) in [5.74, 6) is 0.679. The number of hydrogen-bond donors (Lipinski definition) is 0. The van der Waals surface area contributed by atoms with E-state index in [0.717, 1.165) is 6.61 Å². The van der Waals surface area contributed by atoms with Gasteiger partial charge in [-0.1, -0.05) is 20.8 Å². The average molecular weight is 160 g/mol. The zero-order chi connectivity index (χ0) is 8.20. The van der Waals surface area contributed by atoms with Gasteiger partial charge in [-0.2, -0.15) is 0 Å². The van der Waals surface area contributed by atoms with E-state index in [1.54, 1.807) is 0 Å². The SMILES string of the molecule is CC[Si](C)(C)OCC(C)C. The second-order valence-electron chi connectivity index (χ2n) is 3.82. The maximum absolute atomic E-state index is 5.78. The molecule has 0 saturated heterocycles. The monoisotopic (exact) mass is 160 g/mol. The van der Waals surface area contributed by atoms with E-state index in [4.69, 9.17) is 4.43 Å². The van der Waals surface area contributed by atoms with Crippen LogP contribution in [0, 0.1) is 5.92 Å². The van der Waals surface area contributed by atoms with E-state index in [2.05, 4.69) is 33.9 Å². The molecule has 0 unspecified atom stereocenters. The Morgan fingerprint density at radius 2 is 1.80 bits per heavy atom. The van der Waals surface area contributed by atoms with Crippen LogP contribution in [-0.4, -0.2) is 14.9 Å². The van der Waals surface area contributed by atoms with Crippen LogP contribution < -0.4 is 0 Å². The lowest BCUT2D eigenvalue weighted by Crippen LogP contribution is -2.30. The van der Waals surface area contributed by atoms with Crippen molar-refractivity contribution in [1.29, 1.82) is 0 Å². The normalized spacial score (nSPS) is 12.6. The van der Waals surface area contributed by atoms with E-state index < -0.39 is 8.32 Å². The summed E-state index contributed by atoms with van der Waals surface area (Å²) in [6.45, 7) is 12.1. The molecule has 0 heterocycles. The predicted octanol–water partition coefficient (Wildman–Crippen LogP) is 2.88. The molecule has 0 radical (unpaired) electrons. The molecular weight excluding hydrogens is 140 g/mol. The standard InChI is InChI=1S/C8H20OSi/c1-6-10(4,5)9-7-8(2)3/h8H,6-7H2,1-5H3. The van der Waals surface area contributed by atoms with Gasteiger partial charge in [0.2, 0.25) is 0 Å². The molecule has 0 saturated carbocycles. The fraction of sp³-hybridized carbons (Fsp3) is 1.00. The second-order valence-corrected chi connectivity index (χ2v) is 8.33. The van der Waals surface area contributed by atoms with Crippen LogP contribution >= 0.6 is 0 Å². The van der Waals surface area contributed by atoms with Gasteiger partial charge in [-0.25, -0.2) is 0 Å². The van der Waals surface area contributed by atoms with Crippen LogP contribution in [0.1, 0.15) is 20.8 Å². The van der Waals surface area contributed by atoms with Crippen molar-refractivity contribution in [2.24, 2.45) is 5.92 Å². The van der Waals surface area contributed by atoms with Gasteiger partial charge in [0.25, 0.3) is 0 Å². The highest BCUT2D eigenvalue weighted by Gasteiger charge is 2.19. The molecule has 10 heavy (non-hydrogen) atoms. The van der Waals surface area contributed by atoms with Crippen molar-refractivity contribution >= 4 is 8.32 Å². The van der Waals surface area contributed by atoms with Crippen LogP contribution in [0.2, 0.25) is 19.1 Å². The molecule has 62 valence electrons. The topological polar surface area (TPSA) is 9.23 Å². The first-order valence-electron chi connectivity index (χ1n) is 4.12. The van der Waals surface area contributed by atoms with Crippen molar-refractivity contribution in [1.82, 2.24) is 0 Å². The van der Waals surface area contributed by atoms with Crippen LogP contribution in [-0.2, 0) is 4.43 Å². The van der Waals surface area contributed by atoms with E-state index in [1.165, 1.54) is 6.04 Å². The molecule has 0 aromatic rings. The molecule has 0 N–H and O–H groups in total. The minimum Gasteiger partial charge on any atom is -0.417 e. The zero-order valence-electron chi connectivity index (χ0n) is 7.90. The van der Waals surface area contributed by atoms with Gasteiger partial charge in [-0.15, -0.1) is 0 Å². The molecule has 0 amide bonds. The Balaban J connectivity index is 3.46. The summed E-state index contributed by atoms with van der Waals surface area (Å²) in [5, 5.41) is 0. The third-order valence-electron chi connectivity index (χ3n) is 1.66. The highest BCUT2D eigenvalue weighted by Crippen LogP contribution is 2.11. The Labute approximate surface area is 65.9 Å². The smallest absolute Gasteiger partial charge is 0.186 e. The van der Waals surface area contributed by atoms with Crippen LogP contribution in [0.5, 0.6) is 0 Å². The highest BCUT2D eigenvalue weighted by molar-refractivity contribution is 6.71. The van der Waals surface area contributed by atoms with Crippen molar-refractivity contribution in [2.45, 2.75) is 39.9 Å². The van der Waals surface area contributed by atoms with Gasteiger partial charge in [0, 0.05) is 6.61 Å². The van der Waals surface area contributed by atoms with Crippen LogP contribution in [0.25, 0.3) is 0 Å². The molecule has 0 atom stereocenters. The first-order chi connectivity index (χ1) is 4.48. The summed E-state index contributed by atoms with van der Waals surface area (Å²) in [7, 11) is -1.24. The summed E-state index contributed by atoms with van der Waals surface area (Å²) in [6.07, 6.45) is 0. The summed E-state index contributed by atoms with van der Waals surface area (Å²) in [5.41, 5.74) is 0. The summed E-state index contributed by atoms with van der Waals surface area (Å²) in [6, 6.07) is 1.22. The maximum atomic E-state index is 5.78. The molecule has 0 aliphatic carbocycles. The lowest BCUT2D eigenvalue weighted by atomic mass is 10.2. The Morgan fingerprint density at radius 1 is 1.30 bits per heavy atom. The molecule has 0 aliphatic rings. The van der Waals surface area contributed by atoms with Crippen molar-refractivity contribution in [3.63, 3.8) is 0 Å². The minimum absolute atomic E-state index is 0.679. The van der Waals surface area contributed by atoms with Crippen molar-refractivity contribution in [3.05, 3.63) is 0 Å². The van der Waals surface area contributed by atoms with Crippen molar-refractivity contribution < 1.29 is 4.43 Å². The van der Waals surface area contributed by atoms with Crippen LogP contribution in [0.4, 0.5) is 0 Å².